The SMILES string of the molecule is Cc1csc(-c2cc(C=CCCO[Si](C)(C)C(C)(C)C)nn2-c2ccccc2)c1. The number of nitrogens with zero attached hydrogens (tertiary/aromatic N) is 2. The van der Waals surface area contributed by atoms with Crippen LogP contribution in [0.25, 0.3) is 22.3 Å². The van der Waals surface area contributed by atoms with Crippen LogP contribution >= 0.6 is 11.3 Å². The minimum atomic E-state index is -1.68. The summed E-state index contributed by atoms with van der Waals surface area (Å²) in [6.07, 6.45) is 5.19. The van der Waals surface area contributed by atoms with E-state index in [0.29, 0.717) is 0 Å². The van der Waals surface area contributed by atoms with Crippen LogP contribution in [0.15, 0.2) is 53.9 Å². The number of thiophene rings is 1. The fourth-order valence-corrected chi connectivity index (χ4v) is 4.75. The van der Waals surface area contributed by atoms with Crippen molar-refractivity contribution < 1.29 is 4.43 Å². The molecule has 0 fully saturated rings. The molecule has 1 aromatic carbocycles. The lowest BCUT2D eigenvalue weighted by atomic mass is 10.2. The van der Waals surface area contributed by atoms with Crippen LogP contribution in [0.1, 0.15) is 38.4 Å². The van der Waals surface area contributed by atoms with E-state index in [1.54, 1.807) is 11.3 Å². The molecule has 5 heteroatoms. The number of aromatic nitrogens is 2. The maximum Gasteiger partial charge on any atom is 0.191 e. The molecule has 0 amide bonds. The molecule has 2 heterocycles. The van der Waals surface area contributed by atoms with Gasteiger partial charge in [0.25, 0.3) is 0 Å². The highest BCUT2D eigenvalue weighted by Crippen LogP contribution is 2.36. The monoisotopic (exact) mass is 424 g/mol. The molecule has 3 rings (SSSR count). The van der Waals surface area contributed by atoms with Gasteiger partial charge in [0.15, 0.2) is 8.32 Å². The fourth-order valence-electron chi connectivity index (χ4n) is 2.79. The highest BCUT2D eigenvalue weighted by atomic mass is 32.1. The molecule has 154 valence electrons. The zero-order valence-electron chi connectivity index (χ0n) is 18.4. The summed E-state index contributed by atoms with van der Waals surface area (Å²) in [6.45, 7) is 14.3. The number of rotatable bonds is 7. The van der Waals surface area contributed by atoms with Gasteiger partial charge in [-0.25, -0.2) is 4.68 Å². The average molecular weight is 425 g/mol. The van der Waals surface area contributed by atoms with Gasteiger partial charge in [-0.1, -0.05) is 45.0 Å². The molecule has 0 unspecified atom stereocenters. The molecule has 0 N–H and O–H groups in total. The first-order chi connectivity index (χ1) is 13.7. The van der Waals surface area contributed by atoms with E-state index in [1.165, 1.54) is 10.4 Å². The van der Waals surface area contributed by atoms with Crippen LogP contribution in [0.5, 0.6) is 0 Å². The number of hydrogen-bond donors (Lipinski definition) is 0. The van der Waals surface area contributed by atoms with E-state index < -0.39 is 8.32 Å². The van der Waals surface area contributed by atoms with Gasteiger partial charge in [0, 0.05) is 6.61 Å². The van der Waals surface area contributed by atoms with Gasteiger partial charge in [0.1, 0.15) is 0 Å². The summed E-state index contributed by atoms with van der Waals surface area (Å²) in [5.41, 5.74) is 4.47. The first-order valence-corrected chi connectivity index (χ1v) is 14.0. The second-order valence-electron chi connectivity index (χ2n) is 8.99. The Balaban J connectivity index is 1.75. The average Bonchev–Trinajstić information content (AvgIpc) is 3.27. The number of aryl methyl sites for hydroxylation is 1. The highest BCUT2D eigenvalue weighted by molar-refractivity contribution is 7.13. The number of hydrogen-bond acceptors (Lipinski definition) is 3. The molecule has 0 aliphatic rings. The van der Waals surface area contributed by atoms with Crippen LogP contribution in [0, 0.1) is 6.92 Å². The van der Waals surface area contributed by atoms with Crippen LogP contribution in [0.4, 0.5) is 0 Å². The Labute approximate surface area is 180 Å². The van der Waals surface area contributed by atoms with Crippen molar-refractivity contribution >= 4 is 25.7 Å². The molecule has 0 bridgehead atoms. The van der Waals surface area contributed by atoms with E-state index in [1.807, 2.05) is 22.9 Å². The van der Waals surface area contributed by atoms with E-state index >= 15 is 0 Å². The molecule has 2 aromatic heterocycles. The van der Waals surface area contributed by atoms with Gasteiger partial charge in [-0.2, -0.15) is 5.10 Å². The topological polar surface area (TPSA) is 27.1 Å². The molecule has 29 heavy (non-hydrogen) atoms. The van der Waals surface area contributed by atoms with Crippen LogP contribution in [-0.4, -0.2) is 24.7 Å². The molecule has 0 aliphatic carbocycles. The van der Waals surface area contributed by atoms with Crippen molar-refractivity contribution in [2.45, 2.75) is 52.2 Å². The van der Waals surface area contributed by atoms with Crippen LogP contribution in [-0.2, 0) is 4.43 Å². The van der Waals surface area contributed by atoms with Crippen molar-refractivity contribution in [1.29, 1.82) is 0 Å². The second kappa shape index (κ2) is 8.82. The smallest absolute Gasteiger partial charge is 0.191 e. The molecule has 3 aromatic rings. The van der Waals surface area contributed by atoms with Crippen molar-refractivity contribution in [3.05, 3.63) is 65.2 Å². The van der Waals surface area contributed by atoms with Gasteiger partial charge in [-0.15, -0.1) is 11.3 Å². The summed E-state index contributed by atoms with van der Waals surface area (Å²) in [4.78, 5) is 1.24. The van der Waals surface area contributed by atoms with Gasteiger partial charge in [-0.05, 0) is 72.8 Å². The molecule has 0 aliphatic heterocycles. The Bertz CT molecular complexity index is 964. The summed E-state index contributed by atoms with van der Waals surface area (Å²) < 4.78 is 8.30. The lowest BCUT2D eigenvalue weighted by Gasteiger charge is -2.36. The van der Waals surface area contributed by atoms with Crippen LogP contribution < -0.4 is 0 Å². The Morgan fingerprint density at radius 2 is 1.86 bits per heavy atom. The standard InChI is InChI=1S/C24H32N2OSSi/c1-19-16-23(28-18-19)22-17-20(25-26(22)21-13-8-7-9-14-21)12-10-11-15-27-29(5,6)24(2,3)4/h7-10,12-14,16-18H,11,15H2,1-6H3. The van der Waals surface area contributed by atoms with Gasteiger partial charge in [0.2, 0.25) is 0 Å². The molecular weight excluding hydrogens is 392 g/mol. The minimum absolute atomic E-state index is 0.249. The Hall–Kier alpha value is -1.95. The zero-order valence-corrected chi connectivity index (χ0v) is 20.2. The lowest BCUT2D eigenvalue weighted by Crippen LogP contribution is -2.40. The Morgan fingerprint density at radius 1 is 1.14 bits per heavy atom. The molecule has 3 nitrogen and oxygen atoms in total. The van der Waals surface area contributed by atoms with Crippen molar-refractivity contribution in [3.63, 3.8) is 0 Å². The minimum Gasteiger partial charge on any atom is -0.417 e. The Morgan fingerprint density at radius 3 is 2.48 bits per heavy atom. The lowest BCUT2D eigenvalue weighted by molar-refractivity contribution is 0.294. The third kappa shape index (κ3) is 5.35. The van der Waals surface area contributed by atoms with Crippen LogP contribution in [0.2, 0.25) is 18.1 Å². The van der Waals surface area contributed by atoms with Crippen molar-refractivity contribution in [2.24, 2.45) is 0 Å². The number of para-hydroxylation sites is 1. The quantitative estimate of drug-likeness (QED) is 0.293. The molecule has 0 saturated carbocycles. The highest BCUT2D eigenvalue weighted by Gasteiger charge is 2.36. The van der Waals surface area contributed by atoms with E-state index in [4.69, 9.17) is 9.52 Å². The second-order valence-corrected chi connectivity index (χ2v) is 14.7. The maximum atomic E-state index is 6.27. The fraction of sp³-hybridized carbons (Fsp3) is 0.375. The van der Waals surface area contributed by atoms with Crippen molar-refractivity contribution in [3.8, 4) is 16.3 Å². The molecule has 0 saturated heterocycles. The van der Waals surface area contributed by atoms with E-state index in [0.717, 1.165) is 30.1 Å². The summed E-state index contributed by atoms with van der Waals surface area (Å²) in [5, 5.41) is 7.29. The predicted octanol–water partition coefficient (Wildman–Crippen LogP) is 7.33. The van der Waals surface area contributed by atoms with E-state index in [9.17, 15) is 0 Å². The van der Waals surface area contributed by atoms with Crippen molar-refractivity contribution in [2.75, 3.05) is 6.61 Å². The summed E-state index contributed by atoms with van der Waals surface area (Å²) in [7, 11) is -1.68. The van der Waals surface area contributed by atoms with Gasteiger partial charge >= 0.3 is 0 Å². The van der Waals surface area contributed by atoms with Crippen molar-refractivity contribution in [1.82, 2.24) is 9.78 Å². The first kappa shape index (κ1) is 21.7. The van der Waals surface area contributed by atoms with Gasteiger partial charge in [-0.3, -0.25) is 0 Å². The summed E-state index contributed by atoms with van der Waals surface area (Å²) in [5.74, 6) is 0. The maximum absolute atomic E-state index is 6.27. The molecule has 0 spiro atoms. The molecular formula is C24H32N2OSSi. The van der Waals surface area contributed by atoms with E-state index in [-0.39, 0.29) is 5.04 Å². The zero-order chi connectivity index (χ0) is 21.1. The third-order valence-corrected chi connectivity index (χ3v) is 11.2. The molecule has 0 atom stereocenters. The Kier molecular flexibility index (Phi) is 6.61. The van der Waals surface area contributed by atoms with Gasteiger partial charge < -0.3 is 4.43 Å². The first-order valence-electron chi connectivity index (χ1n) is 10.2. The normalized spacial score (nSPS) is 12.8. The van der Waals surface area contributed by atoms with Crippen LogP contribution in [0.3, 0.4) is 0 Å². The molecule has 0 radical (unpaired) electrons. The van der Waals surface area contributed by atoms with Gasteiger partial charge in [0.05, 0.1) is 22.0 Å². The summed E-state index contributed by atoms with van der Waals surface area (Å²) in [6, 6.07) is 14.7. The largest absolute Gasteiger partial charge is 0.417 e. The third-order valence-electron chi connectivity index (χ3n) is 5.55. The summed E-state index contributed by atoms with van der Waals surface area (Å²) >= 11 is 1.76. The van der Waals surface area contributed by atoms with E-state index in [2.05, 4.69) is 82.6 Å². The predicted molar refractivity (Wildman–Crippen MR) is 128 cm³/mol. The number of benzene rings is 1.